The topological polar surface area (TPSA) is 57.8 Å². The molecule has 4 nitrogen and oxygen atoms in total. The van der Waals surface area contributed by atoms with Gasteiger partial charge in [0.15, 0.2) is 5.82 Å². The number of aromatic nitrogens is 2. The highest BCUT2D eigenvalue weighted by Crippen LogP contribution is 2.22. The van der Waals surface area contributed by atoms with Gasteiger partial charge in [-0.1, -0.05) is 27.7 Å². The largest absolute Gasteiger partial charge is 0.309 e. The molecule has 1 rings (SSSR count). The molecular weight excluding hydrogens is 226 g/mol. The number of H-pyrrole nitrogens is 1. The summed E-state index contributed by atoms with van der Waals surface area (Å²) in [5, 5.41) is 9.67. The van der Waals surface area contributed by atoms with E-state index in [4.69, 9.17) is 11.6 Å². The second kappa shape index (κ2) is 4.87. The third-order valence-electron chi connectivity index (χ3n) is 2.32. The number of hydrogen-bond donors (Lipinski definition) is 2. The number of aromatic amines is 1. The summed E-state index contributed by atoms with van der Waals surface area (Å²) in [6.07, 6.45) is 0. The van der Waals surface area contributed by atoms with Crippen molar-refractivity contribution in [3.8, 4) is 0 Å². The molecule has 1 atom stereocenters. The molecule has 0 aromatic carbocycles. The van der Waals surface area contributed by atoms with Crippen molar-refractivity contribution in [2.75, 3.05) is 11.2 Å². The Kier molecular flexibility index (Phi) is 3.97. The highest BCUT2D eigenvalue weighted by atomic mass is 35.5. The zero-order valence-electron chi connectivity index (χ0n) is 10.1. The zero-order chi connectivity index (χ0) is 12.3. The van der Waals surface area contributed by atoms with Crippen LogP contribution in [0, 0.1) is 5.92 Å². The zero-order valence-corrected chi connectivity index (χ0v) is 10.9. The van der Waals surface area contributed by atoms with Gasteiger partial charge in [-0.3, -0.25) is 9.89 Å². The molecule has 0 aliphatic carbocycles. The molecule has 0 spiro atoms. The van der Waals surface area contributed by atoms with E-state index in [2.05, 4.69) is 36.3 Å². The van der Waals surface area contributed by atoms with E-state index >= 15 is 0 Å². The average molecular weight is 244 g/mol. The lowest BCUT2D eigenvalue weighted by atomic mass is 9.92. The summed E-state index contributed by atoms with van der Waals surface area (Å²) in [7, 11) is 0. The van der Waals surface area contributed by atoms with Crippen LogP contribution in [0.2, 0.25) is 0 Å². The Bertz CT molecular complexity index is 368. The lowest BCUT2D eigenvalue weighted by molar-refractivity contribution is -0.118. The summed E-state index contributed by atoms with van der Waals surface area (Å²) >= 11 is 5.60. The molecule has 90 valence electrons. The minimum atomic E-state index is -0.212. The van der Waals surface area contributed by atoms with Crippen molar-refractivity contribution in [1.82, 2.24) is 10.2 Å². The molecule has 1 heterocycles. The monoisotopic (exact) mass is 243 g/mol. The Morgan fingerprint density at radius 3 is 2.69 bits per heavy atom. The second-order valence-electron chi connectivity index (χ2n) is 4.96. The fraction of sp³-hybridized carbons (Fsp3) is 0.636. The number of anilines is 1. The molecule has 0 saturated carbocycles. The maximum absolute atomic E-state index is 11.6. The van der Waals surface area contributed by atoms with Gasteiger partial charge in [0, 0.05) is 29.0 Å². The van der Waals surface area contributed by atoms with Gasteiger partial charge in [-0.25, -0.2) is 0 Å². The highest BCUT2D eigenvalue weighted by molar-refractivity contribution is 6.19. The van der Waals surface area contributed by atoms with Gasteiger partial charge in [0.1, 0.15) is 0 Å². The standard InChI is InChI=1S/C11H18ClN3O/c1-7(6-12)10(16)13-9-5-8(14-15-9)11(2,3)4/h5,7H,6H2,1-4H3,(H2,13,14,15,16). The molecule has 2 N–H and O–H groups in total. The third-order valence-corrected chi connectivity index (χ3v) is 2.78. The maximum Gasteiger partial charge on any atom is 0.229 e. The van der Waals surface area contributed by atoms with Gasteiger partial charge in [0.25, 0.3) is 0 Å². The Hall–Kier alpha value is -1.03. The number of halogens is 1. The van der Waals surface area contributed by atoms with Gasteiger partial charge in [0.2, 0.25) is 5.91 Å². The van der Waals surface area contributed by atoms with Gasteiger partial charge in [-0.05, 0) is 0 Å². The van der Waals surface area contributed by atoms with Crippen LogP contribution < -0.4 is 5.32 Å². The summed E-state index contributed by atoms with van der Waals surface area (Å²) in [5.41, 5.74) is 0.981. The van der Waals surface area contributed by atoms with Gasteiger partial charge in [-0.2, -0.15) is 5.10 Å². The predicted molar refractivity (Wildman–Crippen MR) is 65.8 cm³/mol. The van der Waals surface area contributed by atoms with Crippen molar-refractivity contribution >= 4 is 23.3 Å². The van der Waals surface area contributed by atoms with E-state index in [0.717, 1.165) is 5.69 Å². The molecule has 0 saturated heterocycles. The lowest BCUT2D eigenvalue weighted by Crippen LogP contribution is -2.21. The lowest BCUT2D eigenvalue weighted by Gasteiger charge is -2.14. The van der Waals surface area contributed by atoms with E-state index < -0.39 is 0 Å². The second-order valence-corrected chi connectivity index (χ2v) is 5.27. The van der Waals surface area contributed by atoms with E-state index in [0.29, 0.717) is 11.7 Å². The minimum absolute atomic E-state index is 0.00587. The minimum Gasteiger partial charge on any atom is -0.309 e. The van der Waals surface area contributed by atoms with Crippen LogP contribution in [-0.4, -0.2) is 22.0 Å². The first-order valence-corrected chi connectivity index (χ1v) is 5.80. The summed E-state index contributed by atoms with van der Waals surface area (Å²) in [6, 6.07) is 1.85. The van der Waals surface area contributed by atoms with Crippen molar-refractivity contribution in [2.24, 2.45) is 5.92 Å². The van der Waals surface area contributed by atoms with Crippen molar-refractivity contribution < 1.29 is 4.79 Å². The Morgan fingerprint density at radius 1 is 1.62 bits per heavy atom. The van der Waals surface area contributed by atoms with Crippen LogP contribution >= 0.6 is 11.6 Å². The molecule has 5 heteroatoms. The Balaban J connectivity index is 2.70. The molecule has 0 aliphatic heterocycles. The van der Waals surface area contributed by atoms with Gasteiger partial charge < -0.3 is 5.32 Å². The number of nitrogens with zero attached hydrogens (tertiary/aromatic N) is 1. The fourth-order valence-corrected chi connectivity index (χ4v) is 1.23. The molecule has 0 bridgehead atoms. The third kappa shape index (κ3) is 3.23. The molecule has 0 aliphatic rings. The average Bonchev–Trinajstić information content (AvgIpc) is 2.64. The quantitative estimate of drug-likeness (QED) is 0.802. The van der Waals surface area contributed by atoms with E-state index in [9.17, 15) is 4.79 Å². The summed E-state index contributed by atoms with van der Waals surface area (Å²) in [4.78, 5) is 11.6. The number of alkyl halides is 1. The summed E-state index contributed by atoms with van der Waals surface area (Å²) in [5.74, 6) is 0.535. The molecule has 0 fully saturated rings. The fourth-order valence-electron chi connectivity index (χ4n) is 1.09. The normalized spacial score (nSPS) is 13.6. The summed E-state index contributed by atoms with van der Waals surface area (Å²) in [6.45, 7) is 8.01. The van der Waals surface area contributed by atoms with Crippen LogP contribution in [0.15, 0.2) is 6.07 Å². The van der Waals surface area contributed by atoms with Crippen LogP contribution in [0.3, 0.4) is 0 Å². The molecule has 0 radical (unpaired) electrons. The van der Waals surface area contributed by atoms with Gasteiger partial charge in [0.05, 0.1) is 0 Å². The molecular formula is C11H18ClN3O. The maximum atomic E-state index is 11.6. The van der Waals surface area contributed by atoms with E-state index in [-0.39, 0.29) is 17.2 Å². The molecule has 1 unspecified atom stereocenters. The van der Waals surface area contributed by atoms with Crippen molar-refractivity contribution in [1.29, 1.82) is 0 Å². The first kappa shape index (κ1) is 13.0. The number of carbonyl (C=O) groups excluding carboxylic acids is 1. The predicted octanol–water partition coefficient (Wildman–Crippen LogP) is 2.52. The molecule has 1 aromatic heterocycles. The summed E-state index contributed by atoms with van der Waals surface area (Å²) < 4.78 is 0. The van der Waals surface area contributed by atoms with E-state index in [1.807, 2.05) is 6.07 Å². The number of hydrogen-bond acceptors (Lipinski definition) is 2. The van der Waals surface area contributed by atoms with Crippen LogP contribution in [-0.2, 0) is 10.2 Å². The van der Waals surface area contributed by atoms with Crippen molar-refractivity contribution in [3.05, 3.63) is 11.8 Å². The molecule has 1 amide bonds. The Labute approximate surface area is 101 Å². The van der Waals surface area contributed by atoms with Crippen LogP contribution in [0.5, 0.6) is 0 Å². The number of carbonyl (C=O) groups is 1. The number of nitrogens with one attached hydrogen (secondary N) is 2. The number of rotatable bonds is 3. The number of amides is 1. The highest BCUT2D eigenvalue weighted by Gasteiger charge is 2.18. The van der Waals surface area contributed by atoms with Crippen molar-refractivity contribution in [2.45, 2.75) is 33.1 Å². The molecule has 16 heavy (non-hydrogen) atoms. The van der Waals surface area contributed by atoms with Crippen LogP contribution in [0.1, 0.15) is 33.4 Å². The first-order chi connectivity index (χ1) is 7.34. The van der Waals surface area contributed by atoms with Crippen LogP contribution in [0.25, 0.3) is 0 Å². The van der Waals surface area contributed by atoms with Gasteiger partial charge >= 0.3 is 0 Å². The Morgan fingerprint density at radius 2 is 2.25 bits per heavy atom. The van der Waals surface area contributed by atoms with Crippen molar-refractivity contribution in [3.63, 3.8) is 0 Å². The van der Waals surface area contributed by atoms with Gasteiger partial charge in [-0.15, -0.1) is 11.6 Å². The first-order valence-electron chi connectivity index (χ1n) is 5.27. The van der Waals surface area contributed by atoms with E-state index in [1.54, 1.807) is 6.92 Å². The molecule has 1 aromatic rings. The smallest absolute Gasteiger partial charge is 0.229 e. The van der Waals surface area contributed by atoms with Crippen LogP contribution in [0.4, 0.5) is 5.82 Å². The SMILES string of the molecule is CC(CCl)C(=O)Nc1cc(C(C)(C)C)[nH]n1. The van der Waals surface area contributed by atoms with E-state index in [1.165, 1.54) is 0 Å².